The second-order valence-corrected chi connectivity index (χ2v) is 11.6. The molecule has 0 radical (unpaired) electrons. The highest BCUT2D eigenvalue weighted by molar-refractivity contribution is 5.91. The zero-order valence-electron chi connectivity index (χ0n) is 22.4. The van der Waals surface area contributed by atoms with Crippen molar-refractivity contribution in [3.05, 3.63) is 47.7 Å². The lowest BCUT2D eigenvalue weighted by Crippen LogP contribution is -2.51. The van der Waals surface area contributed by atoms with Crippen LogP contribution < -0.4 is 0 Å². The molecule has 0 saturated carbocycles. The minimum atomic E-state index is -1.02. The summed E-state index contributed by atoms with van der Waals surface area (Å²) in [5.74, 6) is -1.73. The van der Waals surface area contributed by atoms with E-state index in [1.807, 2.05) is 30.3 Å². The van der Waals surface area contributed by atoms with Gasteiger partial charge in [-0.3, -0.25) is 4.90 Å². The van der Waals surface area contributed by atoms with E-state index in [1.165, 1.54) is 4.90 Å². The summed E-state index contributed by atoms with van der Waals surface area (Å²) in [5, 5.41) is 10.2. The Hall–Kier alpha value is -2.62. The lowest BCUT2D eigenvalue weighted by Gasteiger charge is -2.36. The zero-order chi connectivity index (χ0) is 26.9. The molecule has 0 spiro atoms. The van der Waals surface area contributed by atoms with Crippen LogP contribution >= 0.6 is 0 Å². The third-order valence-electron chi connectivity index (χ3n) is 5.61. The van der Waals surface area contributed by atoms with Gasteiger partial charge in [-0.25, -0.2) is 9.59 Å². The van der Waals surface area contributed by atoms with Gasteiger partial charge in [-0.15, -0.1) is 0 Å². The number of ether oxygens (including phenoxy) is 5. The average Bonchev–Trinajstić information content (AvgIpc) is 3.18. The normalized spacial score (nSPS) is 26.0. The number of fused-ring (bicyclic) bond motifs is 1. The molecule has 200 valence electrons. The summed E-state index contributed by atoms with van der Waals surface area (Å²) in [6, 6.07) is 7.98. The van der Waals surface area contributed by atoms with Gasteiger partial charge in [0.15, 0.2) is 5.79 Å². The molecule has 2 aliphatic rings. The van der Waals surface area contributed by atoms with Crippen molar-refractivity contribution in [1.82, 2.24) is 4.90 Å². The summed E-state index contributed by atoms with van der Waals surface area (Å²) in [4.78, 5) is 28.0. The highest BCUT2D eigenvalue weighted by Gasteiger charge is 2.62. The lowest BCUT2D eigenvalue weighted by atomic mass is 10.0. The van der Waals surface area contributed by atoms with E-state index >= 15 is 0 Å². The molecule has 1 aromatic rings. The van der Waals surface area contributed by atoms with E-state index in [4.69, 9.17) is 23.7 Å². The van der Waals surface area contributed by atoms with Gasteiger partial charge in [0.2, 0.25) is 0 Å². The minimum Gasteiger partial charge on any atom is -0.515 e. The number of rotatable bonds is 6. The quantitative estimate of drug-likeness (QED) is 0.343. The van der Waals surface area contributed by atoms with E-state index in [0.29, 0.717) is 12.9 Å². The van der Waals surface area contributed by atoms with Gasteiger partial charge >= 0.3 is 12.1 Å². The fourth-order valence-electron chi connectivity index (χ4n) is 4.41. The van der Waals surface area contributed by atoms with Crippen molar-refractivity contribution >= 4 is 12.1 Å². The molecule has 9 nitrogen and oxygen atoms in total. The fraction of sp³-hybridized carbons (Fsp3) is 0.630. The molecular formula is C27H39NO8. The van der Waals surface area contributed by atoms with Crippen LogP contribution in [0.3, 0.4) is 0 Å². The highest BCUT2D eigenvalue weighted by atomic mass is 16.8. The Kier molecular flexibility index (Phi) is 8.07. The number of amides is 1. The number of carbonyl (C=O) groups is 2. The molecule has 36 heavy (non-hydrogen) atoms. The number of benzene rings is 1. The standard InChI is InChI=1S/C27H39NO8/c1-25(2,3)35-23(30)18(14-29)20-22-21(33-27(7,8)34-22)19(28(20)24(31)36-26(4,5)6)16-32-15-17-12-10-9-11-13-17/h9-14,19-22,29H,15-16H2,1-8H3/b18-14-. The number of hydrogen-bond acceptors (Lipinski definition) is 8. The zero-order valence-corrected chi connectivity index (χ0v) is 22.4. The molecule has 0 aliphatic carbocycles. The van der Waals surface area contributed by atoms with E-state index in [-0.39, 0.29) is 12.2 Å². The van der Waals surface area contributed by atoms with Crippen LogP contribution in [0, 0.1) is 0 Å². The Morgan fingerprint density at radius 3 is 2.14 bits per heavy atom. The summed E-state index contributed by atoms with van der Waals surface area (Å²) in [7, 11) is 0. The molecule has 1 N–H and O–H groups in total. The first-order chi connectivity index (χ1) is 16.6. The highest BCUT2D eigenvalue weighted by Crippen LogP contribution is 2.44. The molecule has 1 amide bonds. The van der Waals surface area contributed by atoms with Crippen LogP contribution in [0.4, 0.5) is 4.79 Å². The van der Waals surface area contributed by atoms with Gasteiger partial charge in [-0.1, -0.05) is 30.3 Å². The predicted molar refractivity (Wildman–Crippen MR) is 132 cm³/mol. The van der Waals surface area contributed by atoms with Gasteiger partial charge in [-0.05, 0) is 61.0 Å². The van der Waals surface area contributed by atoms with Crippen molar-refractivity contribution in [3.8, 4) is 0 Å². The third kappa shape index (κ3) is 6.78. The van der Waals surface area contributed by atoms with Crippen LogP contribution in [0.5, 0.6) is 0 Å². The molecule has 4 atom stereocenters. The average molecular weight is 506 g/mol. The number of hydrogen-bond donors (Lipinski definition) is 1. The van der Waals surface area contributed by atoms with E-state index in [9.17, 15) is 14.7 Å². The van der Waals surface area contributed by atoms with Gasteiger partial charge in [0, 0.05) is 0 Å². The first-order valence-corrected chi connectivity index (χ1v) is 12.2. The first-order valence-electron chi connectivity index (χ1n) is 12.2. The number of likely N-dealkylation sites (tertiary alicyclic amines) is 1. The van der Waals surface area contributed by atoms with Crippen LogP contribution in [0.2, 0.25) is 0 Å². The van der Waals surface area contributed by atoms with E-state index in [0.717, 1.165) is 5.56 Å². The minimum absolute atomic E-state index is 0.0955. The molecule has 2 fully saturated rings. The number of aliphatic hydroxyl groups excluding tert-OH is 1. The maximum atomic E-state index is 13.5. The van der Waals surface area contributed by atoms with Crippen molar-refractivity contribution in [2.75, 3.05) is 6.61 Å². The SMILES string of the molecule is CC(C)(C)OC(=O)/C(=C\O)C1C2OC(C)(C)OC2C(COCc2ccccc2)N1C(=O)OC(C)(C)C. The molecule has 0 bridgehead atoms. The maximum absolute atomic E-state index is 13.5. The van der Waals surface area contributed by atoms with Crippen molar-refractivity contribution in [2.45, 2.75) is 103 Å². The largest absolute Gasteiger partial charge is 0.515 e. The Morgan fingerprint density at radius 1 is 1.00 bits per heavy atom. The van der Waals surface area contributed by atoms with Crippen LogP contribution in [-0.2, 0) is 35.1 Å². The number of nitrogens with zero attached hydrogens (tertiary/aromatic N) is 1. The Bertz CT molecular complexity index is 960. The molecule has 2 saturated heterocycles. The molecule has 1 aromatic carbocycles. The van der Waals surface area contributed by atoms with Gasteiger partial charge in [0.05, 0.1) is 37.1 Å². The van der Waals surface area contributed by atoms with Gasteiger partial charge in [0.25, 0.3) is 0 Å². The monoisotopic (exact) mass is 505 g/mol. The second-order valence-electron chi connectivity index (χ2n) is 11.6. The van der Waals surface area contributed by atoms with Gasteiger partial charge in [-0.2, -0.15) is 0 Å². The summed E-state index contributed by atoms with van der Waals surface area (Å²) in [6.45, 7) is 14.4. The van der Waals surface area contributed by atoms with Crippen LogP contribution in [-0.4, -0.2) is 70.0 Å². The number of carbonyl (C=O) groups excluding carboxylic acids is 2. The van der Waals surface area contributed by atoms with E-state index in [2.05, 4.69) is 0 Å². The number of esters is 1. The Morgan fingerprint density at radius 2 is 1.58 bits per heavy atom. The molecule has 3 rings (SSSR count). The van der Waals surface area contributed by atoms with Crippen molar-refractivity contribution in [2.24, 2.45) is 0 Å². The summed E-state index contributed by atoms with van der Waals surface area (Å²) in [6.07, 6.45) is -1.40. The molecule has 4 unspecified atom stereocenters. The lowest BCUT2D eigenvalue weighted by molar-refractivity contribution is -0.170. The Labute approximate surface area is 213 Å². The topological polar surface area (TPSA) is 104 Å². The van der Waals surface area contributed by atoms with Crippen LogP contribution in [0.15, 0.2) is 42.2 Å². The Balaban J connectivity index is 1.97. The molecule has 2 heterocycles. The van der Waals surface area contributed by atoms with Gasteiger partial charge < -0.3 is 28.8 Å². The molecular weight excluding hydrogens is 466 g/mol. The number of aliphatic hydroxyl groups is 1. The first kappa shape index (κ1) is 28.0. The van der Waals surface area contributed by atoms with Crippen molar-refractivity contribution in [1.29, 1.82) is 0 Å². The van der Waals surface area contributed by atoms with Crippen molar-refractivity contribution < 1.29 is 38.4 Å². The smallest absolute Gasteiger partial charge is 0.411 e. The van der Waals surface area contributed by atoms with Crippen molar-refractivity contribution in [3.63, 3.8) is 0 Å². The van der Waals surface area contributed by atoms with E-state index in [1.54, 1.807) is 55.4 Å². The maximum Gasteiger partial charge on any atom is 0.411 e. The third-order valence-corrected chi connectivity index (χ3v) is 5.61. The summed E-state index contributed by atoms with van der Waals surface area (Å²) < 4.78 is 29.6. The molecule has 2 aliphatic heterocycles. The fourth-order valence-corrected chi connectivity index (χ4v) is 4.41. The summed E-state index contributed by atoms with van der Waals surface area (Å²) >= 11 is 0. The summed E-state index contributed by atoms with van der Waals surface area (Å²) in [5.41, 5.74) is -0.770. The van der Waals surface area contributed by atoms with E-state index < -0.39 is 53.3 Å². The van der Waals surface area contributed by atoms with Gasteiger partial charge in [0.1, 0.15) is 23.4 Å². The van der Waals surface area contributed by atoms with Crippen LogP contribution in [0.1, 0.15) is 61.0 Å². The predicted octanol–water partition coefficient (Wildman–Crippen LogP) is 4.49. The second kappa shape index (κ2) is 10.4. The molecule has 0 aromatic heterocycles. The van der Waals surface area contributed by atoms with Crippen LogP contribution in [0.25, 0.3) is 0 Å². The molecule has 9 heteroatoms.